The molecule has 3 heteroatoms. The van der Waals surface area contributed by atoms with Gasteiger partial charge in [0.2, 0.25) is 0 Å². The van der Waals surface area contributed by atoms with Crippen molar-refractivity contribution in [3.63, 3.8) is 0 Å². The maximum Gasteiger partial charge on any atom is 0.128 e. The van der Waals surface area contributed by atoms with Crippen LogP contribution in [0.2, 0.25) is 0 Å². The zero-order chi connectivity index (χ0) is 12.4. The fourth-order valence-corrected chi connectivity index (χ4v) is 2.42. The topological polar surface area (TPSA) is 21.3 Å². The van der Waals surface area contributed by atoms with Gasteiger partial charge in [0.1, 0.15) is 5.82 Å². The van der Waals surface area contributed by atoms with E-state index in [0.717, 1.165) is 5.56 Å². The Labute approximate surface area is 102 Å². The van der Waals surface area contributed by atoms with Gasteiger partial charge in [-0.05, 0) is 38.8 Å². The quantitative estimate of drug-likeness (QED) is 0.850. The molecule has 1 N–H and O–H groups in total. The highest BCUT2D eigenvalue weighted by atomic mass is 19.1. The molecule has 0 aliphatic heterocycles. The molecule has 17 heavy (non-hydrogen) atoms. The number of ether oxygens (including phenoxy) is 1. The minimum Gasteiger partial charge on any atom is -0.379 e. The lowest BCUT2D eigenvalue weighted by Gasteiger charge is -2.26. The Kier molecular flexibility index (Phi) is 3.79. The molecule has 2 nitrogen and oxygen atoms in total. The summed E-state index contributed by atoms with van der Waals surface area (Å²) in [6, 6.07) is 5.18. The first-order chi connectivity index (χ1) is 8.17. The number of halogens is 1. The molecule has 0 radical (unpaired) electrons. The van der Waals surface area contributed by atoms with E-state index in [9.17, 15) is 4.39 Å². The molecule has 1 fully saturated rings. The second-order valence-electron chi connectivity index (χ2n) is 4.83. The number of hydrogen-bond acceptors (Lipinski definition) is 2. The van der Waals surface area contributed by atoms with Crippen LogP contribution in [0.5, 0.6) is 0 Å². The van der Waals surface area contributed by atoms with Gasteiger partial charge in [0.25, 0.3) is 0 Å². The predicted octanol–water partition coefficient (Wildman–Crippen LogP) is 2.82. The SMILES string of the molecule is CNC(c1cc(C)ccc1F)C(OC)C1CC1. The minimum absolute atomic E-state index is 0.0626. The third-order valence-electron chi connectivity index (χ3n) is 3.48. The first-order valence-electron chi connectivity index (χ1n) is 6.13. The molecule has 0 saturated heterocycles. The second-order valence-corrected chi connectivity index (χ2v) is 4.83. The van der Waals surface area contributed by atoms with Crippen molar-refractivity contribution in [2.45, 2.75) is 31.9 Å². The lowest BCUT2D eigenvalue weighted by Crippen LogP contribution is -2.33. The maximum atomic E-state index is 13.9. The molecule has 0 spiro atoms. The number of rotatable bonds is 5. The largest absolute Gasteiger partial charge is 0.379 e. The maximum absolute atomic E-state index is 13.9. The highest BCUT2D eigenvalue weighted by molar-refractivity contribution is 5.28. The zero-order valence-corrected chi connectivity index (χ0v) is 10.7. The Morgan fingerprint density at radius 1 is 1.41 bits per heavy atom. The van der Waals surface area contributed by atoms with Crippen LogP contribution in [0.25, 0.3) is 0 Å². The van der Waals surface area contributed by atoms with E-state index < -0.39 is 0 Å². The van der Waals surface area contributed by atoms with Crippen molar-refractivity contribution in [2.75, 3.05) is 14.2 Å². The van der Waals surface area contributed by atoms with Crippen LogP contribution < -0.4 is 5.32 Å². The van der Waals surface area contributed by atoms with Crippen LogP contribution in [-0.4, -0.2) is 20.3 Å². The summed E-state index contributed by atoms with van der Waals surface area (Å²) in [5.74, 6) is 0.412. The van der Waals surface area contributed by atoms with Gasteiger partial charge in [0, 0.05) is 12.7 Å². The van der Waals surface area contributed by atoms with Gasteiger partial charge in [-0.1, -0.05) is 17.7 Å². The third kappa shape index (κ3) is 2.67. The fraction of sp³-hybridized carbons (Fsp3) is 0.571. The molecule has 1 saturated carbocycles. The number of likely N-dealkylation sites (N-methyl/N-ethyl adjacent to an activating group) is 1. The monoisotopic (exact) mass is 237 g/mol. The summed E-state index contributed by atoms with van der Waals surface area (Å²) in [7, 11) is 3.57. The van der Waals surface area contributed by atoms with Crippen molar-refractivity contribution in [1.82, 2.24) is 5.32 Å². The standard InChI is InChI=1S/C14H20FNO/c1-9-4-7-12(15)11(8-9)13(16-2)14(17-3)10-5-6-10/h4,7-8,10,13-14,16H,5-6H2,1-3H3. The van der Waals surface area contributed by atoms with E-state index in [1.54, 1.807) is 13.2 Å². The number of methoxy groups -OCH3 is 1. The Morgan fingerprint density at radius 2 is 2.12 bits per heavy atom. The first-order valence-corrected chi connectivity index (χ1v) is 6.13. The average Bonchev–Trinajstić information content (AvgIpc) is 3.13. The minimum atomic E-state index is -0.155. The van der Waals surface area contributed by atoms with E-state index in [1.165, 1.54) is 18.9 Å². The van der Waals surface area contributed by atoms with Gasteiger partial charge in [0.15, 0.2) is 0 Å². The molecule has 2 rings (SSSR count). The molecule has 2 atom stereocenters. The van der Waals surface area contributed by atoms with Crippen molar-refractivity contribution in [1.29, 1.82) is 0 Å². The molecule has 0 heterocycles. The molecule has 0 bridgehead atoms. The van der Waals surface area contributed by atoms with Crippen LogP contribution in [0.15, 0.2) is 18.2 Å². The normalized spacial score (nSPS) is 19.1. The molecule has 1 aromatic rings. The summed E-state index contributed by atoms with van der Waals surface area (Å²) in [4.78, 5) is 0. The smallest absolute Gasteiger partial charge is 0.128 e. The van der Waals surface area contributed by atoms with E-state index >= 15 is 0 Å². The van der Waals surface area contributed by atoms with Crippen molar-refractivity contribution in [2.24, 2.45) is 5.92 Å². The van der Waals surface area contributed by atoms with Crippen molar-refractivity contribution in [3.8, 4) is 0 Å². The van der Waals surface area contributed by atoms with Crippen LogP contribution >= 0.6 is 0 Å². The number of benzene rings is 1. The van der Waals surface area contributed by atoms with Gasteiger partial charge >= 0.3 is 0 Å². The molecule has 94 valence electrons. The first kappa shape index (κ1) is 12.5. The van der Waals surface area contributed by atoms with E-state index in [4.69, 9.17) is 4.74 Å². The predicted molar refractivity (Wildman–Crippen MR) is 66.5 cm³/mol. The zero-order valence-electron chi connectivity index (χ0n) is 10.7. The third-order valence-corrected chi connectivity index (χ3v) is 3.48. The van der Waals surface area contributed by atoms with Gasteiger partial charge in [-0.3, -0.25) is 0 Å². The Balaban J connectivity index is 2.29. The molecular weight excluding hydrogens is 217 g/mol. The van der Waals surface area contributed by atoms with Crippen LogP contribution in [0.1, 0.15) is 30.0 Å². The van der Waals surface area contributed by atoms with Crippen molar-refractivity contribution in [3.05, 3.63) is 35.1 Å². The Bertz CT molecular complexity index is 390. The summed E-state index contributed by atoms with van der Waals surface area (Å²) in [6.07, 6.45) is 2.44. The summed E-state index contributed by atoms with van der Waals surface area (Å²) >= 11 is 0. The molecule has 0 aromatic heterocycles. The van der Waals surface area contributed by atoms with Gasteiger partial charge in [-0.2, -0.15) is 0 Å². The van der Waals surface area contributed by atoms with E-state index in [2.05, 4.69) is 5.32 Å². The van der Waals surface area contributed by atoms with E-state index in [0.29, 0.717) is 11.5 Å². The molecule has 1 aliphatic carbocycles. The van der Waals surface area contributed by atoms with Crippen molar-refractivity contribution >= 4 is 0 Å². The fourth-order valence-electron chi connectivity index (χ4n) is 2.42. The van der Waals surface area contributed by atoms with Gasteiger partial charge in [0.05, 0.1) is 12.1 Å². The average molecular weight is 237 g/mol. The molecule has 0 amide bonds. The lowest BCUT2D eigenvalue weighted by molar-refractivity contribution is 0.0519. The molecule has 1 aliphatic rings. The van der Waals surface area contributed by atoms with E-state index in [-0.39, 0.29) is 18.0 Å². The Morgan fingerprint density at radius 3 is 2.65 bits per heavy atom. The number of aryl methyl sites for hydroxylation is 1. The van der Waals surface area contributed by atoms with Crippen LogP contribution in [0.3, 0.4) is 0 Å². The molecular formula is C14H20FNO. The lowest BCUT2D eigenvalue weighted by atomic mass is 9.96. The van der Waals surface area contributed by atoms with Gasteiger partial charge < -0.3 is 10.1 Å². The van der Waals surface area contributed by atoms with E-state index in [1.807, 2.05) is 20.0 Å². The van der Waals surface area contributed by atoms with Crippen LogP contribution in [-0.2, 0) is 4.74 Å². The van der Waals surface area contributed by atoms with Crippen LogP contribution in [0, 0.1) is 18.7 Å². The summed E-state index contributed by atoms with van der Waals surface area (Å²) < 4.78 is 19.4. The summed E-state index contributed by atoms with van der Waals surface area (Å²) in [6.45, 7) is 1.98. The number of nitrogens with one attached hydrogen (secondary N) is 1. The highest BCUT2D eigenvalue weighted by Crippen LogP contribution is 2.40. The molecule has 2 unspecified atom stereocenters. The summed E-state index contributed by atoms with van der Waals surface area (Å²) in [5, 5.41) is 3.19. The Hall–Kier alpha value is -0.930. The molecule has 1 aromatic carbocycles. The number of hydrogen-bond donors (Lipinski definition) is 1. The summed E-state index contributed by atoms with van der Waals surface area (Å²) in [5.41, 5.74) is 1.79. The second kappa shape index (κ2) is 5.15. The highest BCUT2D eigenvalue weighted by Gasteiger charge is 2.37. The van der Waals surface area contributed by atoms with Crippen LogP contribution in [0.4, 0.5) is 4.39 Å². The van der Waals surface area contributed by atoms with Crippen molar-refractivity contribution < 1.29 is 9.13 Å². The van der Waals surface area contributed by atoms with Gasteiger partial charge in [-0.25, -0.2) is 4.39 Å². The van der Waals surface area contributed by atoms with Gasteiger partial charge in [-0.15, -0.1) is 0 Å².